The summed E-state index contributed by atoms with van der Waals surface area (Å²) >= 11 is 0. The molecule has 1 aliphatic heterocycles. The molecule has 3 rings (SSSR count). The van der Waals surface area contributed by atoms with E-state index >= 15 is 0 Å². The van der Waals surface area contributed by atoms with Gasteiger partial charge in [0.15, 0.2) is 0 Å². The Hall–Kier alpha value is -3.09. The summed E-state index contributed by atoms with van der Waals surface area (Å²) in [5.74, 6) is -1.24. The monoisotopic (exact) mass is 355 g/mol. The van der Waals surface area contributed by atoms with E-state index in [9.17, 15) is 19.5 Å². The summed E-state index contributed by atoms with van der Waals surface area (Å²) in [4.78, 5) is 37.3. The van der Waals surface area contributed by atoms with Gasteiger partial charge in [0.1, 0.15) is 5.75 Å². The molecule has 7 heteroatoms. The predicted octanol–water partition coefficient (Wildman–Crippen LogP) is 1.61. The largest absolute Gasteiger partial charge is 0.507 e. The van der Waals surface area contributed by atoms with Crippen LogP contribution in [0.2, 0.25) is 0 Å². The highest BCUT2D eigenvalue weighted by molar-refractivity contribution is 6.40. The zero-order chi connectivity index (χ0) is 18.5. The summed E-state index contributed by atoms with van der Waals surface area (Å²) in [6.07, 6.45) is 2.08. The number of phenols is 1. The Morgan fingerprint density at radius 1 is 1.08 bits per heavy atom. The van der Waals surface area contributed by atoms with E-state index in [1.165, 1.54) is 0 Å². The van der Waals surface area contributed by atoms with Crippen LogP contribution in [0.5, 0.6) is 5.75 Å². The fourth-order valence-corrected chi connectivity index (χ4v) is 3.07. The normalized spacial score (nSPS) is 13.8. The number of nitrogens with zero attached hydrogens (tertiary/aromatic N) is 1. The van der Waals surface area contributed by atoms with Gasteiger partial charge in [-0.15, -0.1) is 0 Å². The Kier molecular flexibility index (Phi) is 5.36. The van der Waals surface area contributed by atoms with Crippen LogP contribution in [0, 0.1) is 0 Å². The minimum Gasteiger partial charge on any atom is -0.507 e. The molecule has 3 amide bonds. The van der Waals surface area contributed by atoms with Crippen molar-refractivity contribution < 1.29 is 19.5 Å². The number of hydrogen-bond acceptors (Lipinski definition) is 4. The van der Waals surface area contributed by atoms with Crippen molar-refractivity contribution in [2.45, 2.75) is 19.3 Å². The van der Waals surface area contributed by atoms with Crippen molar-refractivity contribution in [3.63, 3.8) is 0 Å². The molecule has 0 saturated carbocycles. The zero-order valence-electron chi connectivity index (χ0n) is 14.3. The lowest BCUT2D eigenvalue weighted by molar-refractivity contribution is -0.136. The van der Waals surface area contributed by atoms with Crippen LogP contribution < -0.4 is 10.6 Å². The third-order valence-electron chi connectivity index (χ3n) is 4.42. The number of nitrogens with one attached hydrogen (secondary N) is 2. The third-order valence-corrected chi connectivity index (χ3v) is 4.42. The molecule has 0 aliphatic carbocycles. The summed E-state index contributed by atoms with van der Waals surface area (Å²) in [5, 5.41) is 16.3. The van der Waals surface area contributed by atoms with E-state index in [4.69, 9.17) is 0 Å². The Morgan fingerprint density at radius 2 is 1.85 bits per heavy atom. The van der Waals surface area contributed by atoms with Gasteiger partial charge in [0.05, 0.1) is 0 Å². The topological polar surface area (TPSA) is 98.7 Å². The van der Waals surface area contributed by atoms with E-state index in [-0.39, 0.29) is 11.7 Å². The van der Waals surface area contributed by atoms with Crippen LogP contribution in [-0.2, 0) is 14.4 Å². The van der Waals surface area contributed by atoms with Crippen molar-refractivity contribution in [2.24, 2.45) is 0 Å². The Morgan fingerprint density at radius 3 is 2.62 bits per heavy atom. The molecule has 0 radical (unpaired) electrons. The van der Waals surface area contributed by atoms with Crippen molar-refractivity contribution in [1.29, 1.82) is 0 Å². The molecule has 1 fully saturated rings. The number of anilines is 1. The van der Waals surface area contributed by atoms with E-state index in [1.807, 2.05) is 0 Å². The molecule has 0 spiro atoms. The molecule has 0 aromatic heterocycles. The number of aromatic hydroxyl groups is 1. The number of carbonyl (C=O) groups excluding carboxylic acids is 3. The summed E-state index contributed by atoms with van der Waals surface area (Å²) in [6, 6.07) is 10.1. The lowest BCUT2D eigenvalue weighted by Gasteiger charge is -2.15. The molecular formula is C19H21N3O4. The maximum absolute atomic E-state index is 12.1. The Labute approximate surface area is 151 Å². The van der Waals surface area contributed by atoms with Gasteiger partial charge in [0.25, 0.3) is 0 Å². The summed E-state index contributed by atoms with van der Waals surface area (Å²) in [5.41, 5.74) is 0.459. The van der Waals surface area contributed by atoms with Gasteiger partial charge in [-0.25, -0.2) is 0 Å². The van der Waals surface area contributed by atoms with Gasteiger partial charge in [0.2, 0.25) is 5.91 Å². The van der Waals surface area contributed by atoms with Crippen molar-refractivity contribution >= 4 is 34.2 Å². The maximum atomic E-state index is 12.1. The number of phenolic OH excluding ortho intramolecular Hbond substituents is 1. The number of amides is 3. The van der Waals surface area contributed by atoms with E-state index < -0.39 is 11.8 Å². The van der Waals surface area contributed by atoms with Crippen molar-refractivity contribution in [3.8, 4) is 5.75 Å². The number of carbonyl (C=O) groups is 3. The summed E-state index contributed by atoms with van der Waals surface area (Å²) in [6.45, 7) is 1.68. The van der Waals surface area contributed by atoms with Crippen LogP contribution in [0.1, 0.15) is 19.3 Å². The van der Waals surface area contributed by atoms with Gasteiger partial charge in [-0.2, -0.15) is 0 Å². The van der Waals surface area contributed by atoms with Crippen LogP contribution in [0.4, 0.5) is 5.69 Å². The standard InChI is InChI=1S/C19H21N3O4/c23-16-8-2-5-13-14(16)6-1-7-15(13)21-19(26)18(25)20-10-4-12-22-11-3-9-17(22)24/h1-2,5-8,23H,3-4,9-12H2,(H,20,25)(H,21,26). The van der Waals surface area contributed by atoms with Crippen LogP contribution in [0.15, 0.2) is 36.4 Å². The van der Waals surface area contributed by atoms with Gasteiger partial charge in [0, 0.05) is 42.5 Å². The van der Waals surface area contributed by atoms with E-state index in [0.29, 0.717) is 42.4 Å². The van der Waals surface area contributed by atoms with Gasteiger partial charge in [-0.05, 0) is 25.0 Å². The predicted molar refractivity (Wildman–Crippen MR) is 97.7 cm³/mol. The van der Waals surface area contributed by atoms with Crippen molar-refractivity contribution in [3.05, 3.63) is 36.4 Å². The van der Waals surface area contributed by atoms with Crippen molar-refractivity contribution in [2.75, 3.05) is 25.0 Å². The SMILES string of the molecule is O=C(NCCCN1CCCC1=O)C(=O)Nc1cccc2c(O)cccc12. The van der Waals surface area contributed by atoms with Gasteiger partial charge in [-0.1, -0.05) is 24.3 Å². The van der Waals surface area contributed by atoms with E-state index in [0.717, 1.165) is 13.0 Å². The molecule has 2 aromatic rings. The number of benzene rings is 2. The first-order chi connectivity index (χ1) is 12.6. The Bertz CT molecular complexity index is 850. The first-order valence-electron chi connectivity index (χ1n) is 8.64. The summed E-state index contributed by atoms with van der Waals surface area (Å²) < 4.78 is 0. The first-order valence-corrected chi connectivity index (χ1v) is 8.64. The molecular weight excluding hydrogens is 334 g/mol. The molecule has 1 saturated heterocycles. The molecule has 2 aromatic carbocycles. The average Bonchev–Trinajstić information content (AvgIpc) is 3.04. The maximum Gasteiger partial charge on any atom is 0.313 e. The molecule has 1 aliphatic rings. The Balaban J connectivity index is 1.52. The molecule has 136 valence electrons. The van der Waals surface area contributed by atoms with E-state index in [1.54, 1.807) is 41.3 Å². The summed E-state index contributed by atoms with van der Waals surface area (Å²) in [7, 11) is 0. The number of fused-ring (bicyclic) bond motifs is 1. The van der Waals surface area contributed by atoms with Crippen LogP contribution in [-0.4, -0.2) is 47.4 Å². The number of rotatable bonds is 5. The van der Waals surface area contributed by atoms with Gasteiger partial charge < -0.3 is 20.6 Å². The number of hydrogen-bond donors (Lipinski definition) is 3. The minimum absolute atomic E-state index is 0.111. The molecule has 0 bridgehead atoms. The fraction of sp³-hybridized carbons (Fsp3) is 0.316. The van der Waals surface area contributed by atoms with Crippen molar-refractivity contribution in [1.82, 2.24) is 10.2 Å². The van der Waals surface area contributed by atoms with Crippen LogP contribution >= 0.6 is 0 Å². The number of likely N-dealkylation sites (tertiary alicyclic amines) is 1. The van der Waals surface area contributed by atoms with Gasteiger partial charge >= 0.3 is 11.8 Å². The lowest BCUT2D eigenvalue weighted by Crippen LogP contribution is -2.37. The van der Waals surface area contributed by atoms with Crippen LogP contribution in [0.3, 0.4) is 0 Å². The third kappa shape index (κ3) is 3.93. The second-order valence-electron chi connectivity index (χ2n) is 6.23. The van der Waals surface area contributed by atoms with E-state index in [2.05, 4.69) is 10.6 Å². The molecule has 1 heterocycles. The molecule has 7 nitrogen and oxygen atoms in total. The molecule has 0 atom stereocenters. The lowest BCUT2D eigenvalue weighted by atomic mass is 10.1. The highest BCUT2D eigenvalue weighted by Gasteiger charge is 2.19. The van der Waals surface area contributed by atoms with Crippen LogP contribution in [0.25, 0.3) is 10.8 Å². The zero-order valence-corrected chi connectivity index (χ0v) is 14.3. The minimum atomic E-state index is -0.766. The quantitative estimate of drug-likeness (QED) is 0.560. The smallest absolute Gasteiger partial charge is 0.313 e. The second kappa shape index (κ2) is 7.86. The average molecular weight is 355 g/mol. The fourth-order valence-electron chi connectivity index (χ4n) is 3.07. The first kappa shape index (κ1) is 17.7. The van der Waals surface area contributed by atoms with Gasteiger partial charge in [-0.3, -0.25) is 14.4 Å². The molecule has 26 heavy (non-hydrogen) atoms. The second-order valence-corrected chi connectivity index (χ2v) is 6.23. The molecule has 0 unspecified atom stereocenters. The highest BCUT2D eigenvalue weighted by Crippen LogP contribution is 2.29. The molecule has 3 N–H and O–H groups in total. The highest BCUT2D eigenvalue weighted by atomic mass is 16.3.